The summed E-state index contributed by atoms with van der Waals surface area (Å²) < 4.78 is 4.78. The fourth-order valence-corrected chi connectivity index (χ4v) is 1.76. The summed E-state index contributed by atoms with van der Waals surface area (Å²) in [5.41, 5.74) is 0.545. The molecular weight excluding hydrogens is 256 g/mol. The number of amides is 2. The molecule has 0 saturated carbocycles. The van der Waals surface area contributed by atoms with Gasteiger partial charge in [-0.1, -0.05) is 11.6 Å². The lowest BCUT2D eigenvalue weighted by Gasteiger charge is -2.12. The first-order valence-corrected chi connectivity index (χ1v) is 6.00. The van der Waals surface area contributed by atoms with Crippen molar-refractivity contribution >= 4 is 23.6 Å². The second-order valence-electron chi connectivity index (χ2n) is 3.86. The first-order chi connectivity index (χ1) is 8.66. The molecule has 96 valence electrons. The van der Waals surface area contributed by atoms with Gasteiger partial charge in [0.1, 0.15) is 6.61 Å². The Balaban J connectivity index is 1.78. The van der Waals surface area contributed by atoms with Crippen molar-refractivity contribution in [2.24, 2.45) is 0 Å². The Kier molecular flexibility index (Phi) is 4.04. The molecule has 0 radical (unpaired) electrons. The van der Waals surface area contributed by atoms with E-state index in [2.05, 4.69) is 5.32 Å². The molecule has 1 aromatic carbocycles. The number of hydrogen-bond acceptors (Lipinski definition) is 3. The molecule has 6 heteroatoms. The molecule has 0 bridgehead atoms. The predicted molar refractivity (Wildman–Crippen MR) is 66.7 cm³/mol. The summed E-state index contributed by atoms with van der Waals surface area (Å²) in [5.74, 6) is -0.181. The number of nitrogens with zero attached hydrogens (tertiary/aromatic N) is 1. The monoisotopic (exact) mass is 268 g/mol. The van der Waals surface area contributed by atoms with Crippen LogP contribution < -0.4 is 5.32 Å². The van der Waals surface area contributed by atoms with Gasteiger partial charge in [-0.15, -0.1) is 0 Å². The van der Waals surface area contributed by atoms with Crippen LogP contribution in [0.3, 0.4) is 0 Å². The lowest BCUT2D eigenvalue weighted by atomic mass is 10.2. The van der Waals surface area contributed by atoms with Crippen molar-refractivity contribution in [1.82, 2.24) is 10.2 Å². The minimum atomic E-state index is -0.323. The summed E-state index contributed by atoms with van der Waals surface area (Å²) >= 11 is 5.73. The lowest BCUT2D eigenvalue weighted by Crippen LogP contribution is -2.35. The summed E-state index contributed by atoms with van der Waals surface area (Å²) in [6.45, 7) is 1.86. The van der Waals surface area contributed by atoms with Gasteiger partial charge < -0.3 is 15.0 Å². The van der Waals surface area contributed by atoms with E-state index in [4.69, 9.17) is 16.3 Å². The van der Waals surface area contributed by atoms with E-state index in [9.17, 15) is 9.59 Å². The Morgan fingerprint density at radius 1 is 1.39 bits per heavy atom. The van der Waals surface area contributed by atoms with E-state index in [1.807, 2.05) is 0 Å². The SMILES string of the molecule is O=C(NCCN1CCOC1=O)c1ccc(Cl)cc1. The van der Waals surface area contributed by atoms with E-state index in [0.717, 1.165) is 0 Å². The van der Waals surface area contributed by atoms with Gasteiger partial charge in [0.05, 0.1) is 6.54 Å². The highest BCUT2D eigenvalue weighted by Crippen LogP contribution is 2.09. The first-order valence-electron chi connectivity index (χ1n) is 5.62. The summed E-state index contributed by atoms with van der Waals surface area (Å²) in [7, 11) is 0. The van der Waals surface area contributed by atoms with Gasteiger partial charge in [0.25, 0.3) is 5.91 Å². The van der Waals surface area contributed by atoms with Gasteiger partial charge in [0, 0.05) is 23.7 Å². The molecule has 2 rings (SSSR count). The van der Waals surface area contributed by atoms with Crippen LogP contribution >= 0.6 is 11.6 Å². The maximum Gasteiger partial charge on any atom is 0.409 e. The van der Waals surface area contributed by atoms with Crippen LogP contribution in [0.1, 0.15) is 10.4 Å². The normalized spacial score (nSPS) is 14.5. The van der Waals surface area contributed by atoms with Crippen LogP contribution in [0.4, 0.5) is 4.79 Å². The minimum Gasteiger partial charge on any atom is -0.448 e. The number of benzene rings is 1. The van der Waals surface area contributed by atoms with Crippen LogP contribution in [0.25, 0.3) is 0 Å². The molecule has 1 aromatic rings. The van der Waals surface area contributed by atoms with Gasteiger partial charge in [0.15, 0.2) is 0 Å². The van der Waals surface area contributed by atoms with E-state index in [0.29, 0.717) is 36.8 Å². The Labute approximate surface area is 110 Å². The molecule has 1 heterocycles. The number of hydrogen-bond donors (Lipinski definition) is 1. The van der Waals surface area contributed by atoms with Crippen molar-refractivity contribution in [2.45, 2.75) is 0 Å². The molecule has 5 nitrogen and oxygen atoms in total. The van der Waals surface area contributed by atoms with Crippen molar-refractivity contribution in [2.75, 3.05) is 26.2 Å². The number of carbonyl (C=O) groups is 2. The fourth-order valence-electron chi connectivity index (χ4n) is 1.64. The molecule has 1 fully saturated rings. The van der Waals surface area contributed by atoms with Crippen LogP contribution in [0.2, 0.25) is 5.02 Å². The second kappa shape index (κ2) is 5.73. The van der Waals surface area contributed by atoms with Gasteiger partial charge in [-0.2, -0.15) is 0 Å². The highest BCUT2D eigenvalue weighted by Gasteiger charge is 2.21. The number of cyclic esters (lactones) is 1. The summed E-state index contributed by atoms with van der Waals surface area (Å²) in [5, 5.41) is 3.32. The Morgan fingerprint density at radius 3 is 2.72 bits per heavy atom. The maximum absolute atomic E-state index is 11.7. The predicted octanol–water partition coefficient (Wildman–Crippen LogP) is 1.52. The van der Waals surface area contributed by atoms with Crippen LogP contribution in [0, 0.1) is 0 Å². The van der Waals surface area contributed by atoms with Crippen molar-refractivity contribution in [3.8, 4) is 0 Å². The molecule has 1 saturated heterocycles. The van der Waals surface area contributed by atoms with Gasteiger partial charge in [-0.25, -0.2) is 4.79 Å². The van der Waals surface area contributed by atoms with E-state index < -0.39 is 0 Å². The molecule has 1 N–H and O–H groups in total. The van der Waals surface area contributed by atoms with Crippen molar-refractivity contribution in [3.05, 3.63) is 34.9 Å². The standard InChI is InChI=1S/C12H13ClN2O3/c13-10-3-1-9(2-4-10)11(16)14-5-6-15-7-8-18-12(15)17/h1-4H,5-8H2,(H,14,16). The number of nitrogens with one attached hydrogen (secondary N) is 1. The first kappa shape index (κ1) is 12.7. The molecule has 2 amide bonds. The van der Waals surface area contributed by atoms with Crippen molar-refractivity contribution in [3.63, 3.8) is 0 Å². The van der Waals surface area contributed by atoms with Crippen LogP contribution in [0.15, 0.2) is 24.3 Å². The quantitative estimate of drug-likeness (QED) is 0.901. The smallest absolute Gasteiger partial charge is 0.409 e. The maximum atomic E-state index is 11.7. The van der Waals surface area contributed by atoms with Gasteiger partial charge in [-0.3, -0.25) is 4.79 Å². The summed E-state index contributed by atoms with van der Waals surface area (Å²) in [6.07, 6.45) is -0.323. The van der Waals surface area contributed by atoms with E-state index in [-0.39, 0.29) is 12.0 Å². The van der Waals surface area contributed by atoms with Crippen molar-refractivity contribution < 1.29 is 14.3 Å². The molecule has 0 aliphatic carbocycles. The van der Waals surface area contributed by atoms with E-state index >= 15 is 0 Å². The molecule has 0 spiro atoms. The second-order valence-corrected chi connectivity index (χ2v) is 4.30. The number of ether oxygens (including phenoxy) is 1. The Morgan fingerprint density at radius 2 is 2.11 bits per heavy atom. The molecular formula is C12H13ClN2O3. The molecule has 0 unspecified atom stereocenters. The third-order valence-corrected chi connectivity index (χ3v) is 2.87. The zero-order chi connectivity index (χ0) is 13.0. The topological polar surface area (TPSA) is 58.6 Å². The van der Waals surface area contributed by atoms with Crippen LogP contribution in [0.5, 0.6) is 0 Å². The Hall–Kier alpha value is -1.75. The molecule has 0 atom stereocenters. The van der Waals surface area contributed by atoms with Crippen molar-refractivity contribution in [1.29, 1.82) is 0 Å². The fraction of sp³-hybridized carbons (Fsp3) is 0.333. The number of halogens is 1. The molecule has 18 heavy (non-hydrogen) atoms. The third-order valence-electron chi connectivity index (χ3n) is 2.62. The third kappa shape index (κ3) is 3.13. The zero-order valence-electron chi connectivity index (χ0n) is 9.69. The van der Waals surface area contributed by atoms with Crippen LogP contribution in [-0.4, -0.2) is 43.1 Å². The largest absolute Gasteiger partial charge is 0.448 e. The highest BCUT2D eigenvalue weighted by atomic mass is 35.5. The molecule has 1 aliphatic rings. The molecule has 1 aliphatic heterocycles. The molecule has 0 aromatic heterocycles. The average Bonchev–Trinajstić information content (AvgIpc) is 2.76. The number of rotatable bonds is 4. The van der Waals surface area contributed by atoms with Crippen LogP contribution in [-0.2, 0) is 4.74 Å². The summed E-state index contributed by atoms with van der Waals surface area (Å²) in [6, 6.07) is 6.63. The van der Waals surface area contributed by atoms with Gasteiger partial charge in [-0.05, 0) is 24.3 Å². The van der Waals surface area contributed by atoms with Gasteiger partial charge >= 0.3 is 6.09 Å². The van der Waals surface area contributed by atoms with E-state index in [1.165, 1.54) is 0 Å². The Bertz CT molecular complexity index is 447. The zero-order valence-corrected chi connectivity index (χ0v) is 10.4. The minimum absolute atomic E-state index is 0.181. The van der Waals surface area contributed by atoms with Gasteiger partial charge in [0.2, 0.25) is 0 Å². The average molecular weight is 269 g/mol. The summed E-state index contributed by atoms with van der Waals surface area (Å²) in [4.78, 5) is 24.4. The lowest BCUT2D eigenvalue weighted by molar-refractivity contribution is 0.0949. The highest BCUT2D eigenvalue weighted by molar-refractivity contribution is 6.30. The number of carbonyl (C=O) groups excluding carboxylic acids is 2. The van der Waals surface area contributed by atoms with E-state index in [1.54, 1.807) is 29.2 Å².